The number of benzene rings is 1. The van der Waals surface area contributed by atoms with Gasteiger partial charge in [-0.2, -0.15) is 0 Å². The van der Waals surface area contributed by atoms with Crippen LogP contribution in [-0.4, -0.2) is 14.4 Å². The monoisotopic (exact) mass is 416 g/mol. The number of rotatable bonds is 4. The molecule has 0 saturated carbocycles. The first-order chi connectivity index (χ1) is 14.6. The smallest absolute Gasteiger partial charge is 0.140 e. The number of aromatic nitrogens is 3. The summed E-state index contributed by atoms with van der Waals surface area (Å²) < 4.78 is 16.0. The van der Waals surface area contributed by atoms with Gasteiger partial charge < -0.3 is 5.32 Å². The minimum atomic E-state index is -0.296. The van der Waals surface area contributed by atoms with Crippen LogP contribution in [-0.2, 0) is 0 Å². The van der Waals surface area contributed by atoms with Gasteiger partial charge in [0.05, 0.1) is 5.69 Å². The molecule has 0 saturated heterocycles. The number of aryl methyl sites for hydroxylation is 2. The van der Waals surface area contributed by atoms with Crippen molar-refractivity contribution in [2.24, 2.45) is 0 Å². The third-order valence-electron chi connectivity index (χ3n) is 5.50. The molecule has 3 aromatic heterocycles. The molecule has 1 aliphatic carbocycles. The summed E-state index contributed by atoms with van der Waals surface area (Å²) in [4.78, 5) is 9.46. The van der Waals surface area contributed by atoms with E-state index in [-0.39, 0.29) is 11.7 Å². The first-order valence-corrected chi connectivity index (χ1v) is 10.8. The lowest BCUT2D eigenvalue weighted by molar-refractivity contribution is 0.619. The molecule has 6 heteroatoms. The average Bonchev–Trinajstić information content (AvgIpc) is 3.39. The molecule has 150 valence electrons. The molecule has 0 bridgehead atoms. The van der Waals surface area contributed by atoms with Crippen molar-refractivity contribution in [3.8, 4) is 0 Å². The van der Waals surface area contributed by atoms with Crippen LogP contribution >= 0.6 is 11.3 Å². The summed E-state index contributed by atoms with van der Waals surface area (Å²) in [6, 6.07) is 9.36. The van der Waals surface area contributed by atoms with Crippen LogP contribution < -0.4 is 5.32 Å². The van der Waals surface area contributed by atoms with Crippen LogP contribution in [0, 0.1) is 19.7 Å². The van der Waals surface area contributed by atoms with E-state index in [1.54, 1.807) is 17.4 Å². The molecule has 30 heavy (non-hydrogen) atoms. The second-order valence-corrected chi connectivity index (χ2v) is 8.38. The maximum atomic E-state index is 14.2. The largest absolute Gasteiger partial charge is 0.339 e. The fourth-order valence-corrected chi connectivity index (χ4v) is 4.73. The van der Waals surface area contributed by atoms with Gasteiger partial charge in [0, 0.05) is 29.4 Å². The highest BCUT2D eigenvalue weighted by atomic mass is 32.1. The van der Waals surface area contributed by atoms with Gasteiger partial charge in [-0.1, -0.05) is 36.4 Å². The molecule has 5 rings (SSSR count). The Bertz CT molecular complexity index is 1260. The molecular weight excluding hydrogens is 395 g/mol. The summed E-state index contributed by atoms with van der Waals surface area (Å²) >= 11 is 1.62. The van der Waals surface area contributed by atoms with Crippen LogP contribution in [0.4, 0.5) is 15.9 Å². The van der Waals surface area contributed by atoms with Crippen molar-refractivity contribution in [3.63, 3.8) is 0 Å². The van der Waals surface area contributed by atoms with E-state index in [1.807, 2.05) is 22.0 Å². The third-order valence-corrected chi connectivity index (χ3v) is 6.32. The molecule has 1 unspecified atom stereocenters. The lowest BCUT2D eigenvalue weighted by Gasteiger charge is -2.21. The molecule has 0 aliphatic heterocycles. The molecule has 1 aromatic carbocycles. The van der Waals surface area contributed by atoms with Crippen LogP contribution in [0.25, 0.3) is 11.2 Å². The van der Waals surface area contributed by atoms with Crippen LogP contribution in [0.2, 0.25) is 0 Å². The fraction of sp³-hybridized carbons (Fsp3) is 0.167. The predicted octanol–water partition coefficient (Wildman–Crippen LogP) is 6.42. The van der Waals surface area contributed by atoms with Gasteiger partial charge in [0.25, 0.3) is 0 Å². The topological polar surface area (TPSA) is 42.2 Å². The van der Waals surface area contributed by atoms with Gasteiger partial charge in [0.2, 0.25) is 0 Å². The van der Waals surface area contributed by atoms with Crippen molar-refractivity contribution < 1.29 is 4.39 Å². The standard InChI is InChI=1S/C24H21FN4S/c1-15-6-5-7-16(2)21(15)28-23-22(27-20-11-10-17(25)14-29(20)23)18-8-3-4-9-19(18)24-26-12-13-30-24/h3-7,9-14,18,28H,8H2,1-2H3. The SMILES string of the molecule is Cc1cccc(C)c1Nc1c(C2CC=CC=C2c2nccs2)nc2ccc(F)cn12. The predicted molar refractivity (Wildman–Crippen MR) is 121 cm³/mol. The summed E-state index contributed by atoms with van der Waals surface area (Å²) in [6.07, 6.45) is 10.5. The highest BCUT2D eigenvalue weighted by Gasteiger charge is 2.28. The Hall–Kier alpha value is -3.25. The first kappa shape index (κ1) is 18.8. The number of pyridine rings is 1. The van der Waals surface area contributed by atoms with Gasteiger partial charge in [0.15, 0.2) is 0 Å². The number of fused-ring (bicyclic) bond motifs is 1. The lowest BCUT2D eigenvalue weighted by Crippen LogP contribution is -2.08. The van der Waals surface area contributed by atoms with Crippen LogP contribution in [0.1, 0.15) is 34.2 Å². The number of anilines is 2. The van der Waals surface area contributed by atoms with Crippen molar-refractivity contribution in [2.75, 3.05) is 5.32 Å². The zero-order valence-corrected chi connectivity index (χ0v) is 17.6. The molecular formula is C24H21FN4S. The Morgan fingerprint density at radius 2 is 2.00 bits per heavy atom. The van der Waals surface area contributed by atoms with Gasteiger partial charge in [-0.05, 0) is 49.1 Å². The number of hydrogen-bond acceptors (Lipinski definition) is 4. The quantitative estimate of drug-likeness (QED) is 0.417. The van der Waals surface area contributed by atoms with Gasteiger partial charge in [0.1, 0.15) is 22.3 Å². The van der Waals surface area contributed by atoms with Crippen LogP contribution in [0.3, 0.4) is 0 Å². The van der Waals surface area contributed by atoms with Crippen LogP contribution in [0.15, 0.2) is 66.3 Å². The highest BCUT2D eigenvalue weighted by Crippen LogP contribution is 2.42. The lowest BCUT2D eigenvalue weighted by atomic mass is 9.88. The van der Waals surface area contributed by atoms with E-state index in [4.69, 9.17) is 4.98 Å². The number of para-hydroxylation sites is 1. The molecule has 0 spiro atoms. The molecule has 1 atom stereocenters. The second-order valence-electron chi connectivity index (χ2n) is 7.49. The Balaban J connectivity index is 1.70. The molecule has 4 nitrogen and oxygen atoms in total. The number of nitrogens with zero attached hydrogens (tertiary/aromatic N) is 3. The minimum absolute atomic E-state index is 0.0379. The summed E-state index contributed by atoms with van der Waals surface area (Å²) in [7, 11) is 0. The molecule has 0 amide bonds. The van der Waals surface area contributed by atoms with E-state index >= 15 is 0 Å². The van der Waals surface area contributed by atoms with E-state index in [0.29, 0.717) is 5.65 Å². The van der Waals surface area contributed by atoms with E-state index in [9.17, 15) is 4.39 Å². The Morgan fingerprint density at radius 1 is 1.17 bits per heavy atom. The summed E-state index contributed by atoms with van der Waals surface area (Å²) in [6.45, 7) is 4.14. The summed E-state index contributed by atoms with van der Waals surface area (Å²) in [5.74, 6) is 0.538. The van der Waals surface area contributed by atoms with Crippen LogP contribution in [0.5, 0.6) is 0 Å². The van der Waals surface area contributed by atoms with Gasteiger partial charge in [-0.25, -0.2) is 14.4 Å². The van der Waals surface area contributed by atoms with E-state index in [0.717, 1.165) is 45.3 Å². The van der Waals surface area contributed by atoms with Gasteiger partial charge in [-0.15, -0.1) is 11.3 Å². The Kier molecular flexibility index (Phi) is 4.71. The number of thiazole rings is 1. The third kappa shape index (κ3) is 3.23. The minimum Gasteiger partial charge on any atom is -0.339 e. The zero-order valence-electron chi connectivity index (χ0n) is 16.8. The molecule has 0 radical (unpaired) electrons. The zero-order chi connectivity index (χ0) is 20.7. The summed E-state index contributed by atoms with van der Waals surface area (Å²) in [5.41, 5.74) is 6.04. The molecule has 1 aliphatic rings. The van der Waals surface area contributed by atoms with E-state index in [2.05, 4.69) is 54.5 Å². The second kappa shape index (κ2) is 7.54. The fourth-order valence-electron chi connectivity index (χ4n) is 4.01. The number of imidazole rings is 1. The molecule has 4 aromatic rings. The van der Waals surface area contributed by atoms with E-state index < -0.39 is 0 Å². The van der Waals surface area contributed by atoms with Crippen molar-refractivity contribution in [3.05, 3.63) is 94.0 Å². The number of allylic oxidation sites excluding steroid dienone is 4. The first-order valence-electron chi connectivity index (χ1n) is 9.89. The van der Waals surface area contributed by atoms with E-state index in [1.165, 1.54) is 12.3 Å². The Labute approximate surface area is 178 Å². The van der Waals surface area contributed by atoms with Crippen molar-refractivity contribution >= 4 is 34.1 Å². The number of nitrogens with one attached hydrogen (secondary N) is 1. The summed E-state index contributed by atoms with van der Waals surface area (Å²) in [5, 5.41) is 6.57. The molecule has 0 fully saturated rings. The number of halogens is 1. The van der Waals surface area contributed by atoms with Crippen molar-refractivity contribution in [2.45, 2.75) is 26.2 Å². The van der Waals surface area contributed by atoms with Gasteiger partial charge >= 0.3 is 0 Å². The average molecular weight is 417 g/mol. The van der Waals surface area contributed by atoms with Crippen molar-refractivity contribution in [1.29, 1.82) is 0 Å². The maximum Gasteiger partial charge on any atom is 0.140 e. The highest BCUT2D eigenvalue weighted by molar-refractivity contribution is 7.10. The normalized spacial score (nSPS) is 16.1. The Morgan fingerprint density at radius 3 is 2.77 bits per heavy atom. The maximum absolute atomic E-state index is 14.2. The molecule has 1 N–H and O–H groups in total. The van der Waals surface area contributed by atoms with Crippen molar-refractivity contribution in [1.82, 2.24) is 14.4 Å². The number of hydrogen-bond donors (Lipinski definition) is 1. The van der Waals surface area contributed by atoms with Gasteiger partial charge in [-0.3, -0.25) is 4.40 Å². The molecule has 3 heterocycles.